The number of benzene rings is 1. The Morgan fingerprint density at radius 2 is 2.14 bits per heavy atom. The second kappa shape index (κ2) is 6.11. The highest BCUT2D eigenvalue weighted by molar-refractivity contribution is 7.89. The first-order valence-electron chi connectivity index (χ1n) is 6.77. The number of hydrogen-bond donors (Lipinski definition) is 1. The molecule has 116 valence electrons. The topological polar surface area (TPSA) is 89.8 Å². The highest BCUT2D eigenvalue weighted by atomic mass is 32.2. The first-order chi connectivity index (χ1) is 10.6. The zero-order valence-electron chi connectivity index (χ0n) is 11.9. The van der Waals surface area contributed by atoms with Gasteiger partial charge in [0, 0.05) is 19.3 Å². The molecule has 9 heteroatoms. The van der Waals surface area contributed by atoms with Crippen molar-refractivity contribution in [1.29, 1.82) is 0 Å². The molecule has 3 aromatic rings. The molecule has 2 aromatic heterocycles. The number of hydrogen-bond acceptors (Lipinski definition) is 6. The van der Waals surface area contributed by atoms with Crippen LogP contribution >= 0.6 is 11.7 Å². The average Bonchev–Trinajstić information content (AvgIpc) is 3.11. The van der Waals surface area contributed by atoms with Gasteiger partial charge in [-0.1, -0.05) is 6.07 Å². The molecule has 0 saturated heterocycles. The summed E-state index contributed by atoms with van der Waals surface area (Å²) in [4.78, 5) is 0.175. The highest BCUT2D eigenvalue weighted by Crippen LogP contribution is 2.20. The minimum absolute atomic E-state index is 0.175. The Hall–Kier alpha value is -1.84. The van der Waals surface area contributed by atoms with Gasteiger partial charge >= 0.3 is 0 Å². The third-order valence-corrected chi connectivity index (χ3v) is 5.20. The van der Waals surface area contributed by atoms with Crippen LogP contribution in [0.2, 0.25) is 0 Å². The summed E-state index contributed by atoms with van der Waals surface area (Å²) >= 11 is 1.01. The van der Waals surface area contributed by atoms with Crippen LogP contribution in [0.5, 0.6) is 0 Å². The van der Waals surface area contributed by atoms with Crippen LogP contribution in [0.15, 0.2) is 35.4 Å². The number of aromatic nitrogens is 4. The van der Waals surface area contributed by atoms with E-state index in [1.54, 1.807) is 22.9 Å². The number of nitrogens with zero attached hydrogens (tertiary/aromatic N) is 4. The molecule has 0 aliphatic carbocycles. The molecule has 0 aliphatic heterocycles. The average molecular weight is 337 g/mol. The second-order valence-corrected chi connectivity index (χ2v) is 7.12. The summed E-state index contributed by atoms with van der Waals surface area (Å²) < 4.78 is 37.2. The fourth-order valence-corrected chi connectivity index (χ4v) is 3.95. The Morgan fingerprint density at radius 3 is 2.91 bits per heavy atom. The van der Waals surface area contributed by atoms with Crippen LogP contribution in [0.1, 0.15) is 12.1 Å². The zero-order chi connectivity index (χ0) is 15.6. The van der Waals surface area contributed by atoms with Crippen molar-refractivity contribution in [3.05, 3.63) is 36.2 Å². The molecular weight excluding hydrogens is 322 g/mol. The molecule has 0 atom stereocenters. The fourth-order valence-electron chi connectivity index (χ4n) is 2.11. The van der Waals surface area contributed by atoms with Crippen molar-refractivity contribution in [2.24, 2.45) is 0 Å². The second-order valence-electron chi connectivity index (χ2n) is 4.86. The van der Waals surface area contributed by atoms with E-state index < -0.39 is 10.0 Å². The van der Waals surface area contributed by atoms with Gasteiger partial charge < -0.3 is 0 Å². The molecule has 0 aliphatic rings. The maximum Gasteiger partial charge on any atom is 0.242 e. The van der Waals surface area contributed by atoms with Crippen LogP contribution in [0.4, 0.5) is 0 Å². The molecule has 2 heterocycles. The Labute approximate surface area is 132 Å². The van der Waals surface area contributed by atoms with Crippen molar-refractivity contribution in [3.63, 3.8) is 0 Å². The Kier molecular flexibility index (Phi) is 4.19. The summed E-state index contributed by atoms with van der Waals surface area (Å²) in [6.07, 6.45) is 2.54. The third-order valence-electron chi connectivity index (χ3n) is 3.17. The summed E-state index contributed by atoms with van der Waals surface area (Å²) in [6, 6.07) is 6.88. The fraction of sp³-hybridized carbons (Fsp3) is 0.308. The standard InChI is InChI=1S/C13H15N5O2S2/c1-10-6-9-18(15-10)8-3-7-14-22(19,20)12-5-2-4-11-13(12)17-21-16-11/h2,4-6,9,14H,3,7-8H2,1H3. The van der Waals surface area contributed by atoms with E-state index in [9.17, 15) is 8.42 Å². The minimum Gasteiger partial charge on any atom is -0.272 e. The molecule has 7 nitrogen and oxygen atoms in total. The smallest absolute Gasteiger partial charge is 0.242 e. The number of rotatable bonds is 6. The number of sulfonamides is 1. The van der Waals surface area contributed by atoms with E-state index >= 15 is 0 Å². The van der Waals surface area contributed by atoms with E-state index in [4.69, 9.17) is 0 Å². The number of fused-ring (bicyclic) bond motifs is 1. The predicted octanol–water partition coefficient (Wildman–Crippen LogP) is 1.56. The van der Waals surface area contributed by atoms with Crippen molar-refractivity contribution in [3.8, 4) is 0 Å². The maximum atomic E-state index is 12.4. The number of aryl methyl sites for hydroxylation is 2. The Balaban J connectivity index is 1.65. The monoisotopic (exact) mass is 337 g/mol. The van der Waals surface area contributed by atoms with E-state index in [1.807, 2.05) is 19.2 Å². The third kappa shape index (κ3) is 3.16. The molecule has 0 bridgehead atoms. The Bertz CT molecular complexity index is 885. The van der Waals surface area contributed by atoms with Gasteiger partial charge in [0.2, 0.25) is 10.0 Å². The summed E-state index contributed by atoms with van der Waals surface area (Å²) in [5.74, 6) is 0. The zero-order valence-corrected chi connectivity index (χ0v) is 13.6. The van der Waals surface area contributed by atoms with Gasteiger partial charge in [-0.15, -0.1) is 0 Å². The number of nitrogens with one attached hydrogen (secondary N) is 1. The van der Waals surface area contributed by atoms with Gasteiger partial charge in [-0.3, -0.25) is 4.68 Å². The van der Waals surface area contributed by atoms with Crippen LogP contribution in [0.3, 0.4) is 0 Å². The van der Waals surface area contributed by atoms with Crippen molar-refractivity contribution in [1.82, 2.24) is 23.2 Å². The van der Waals surface area contributed by atoms with Crippen LogP contribution in [-0.2, 0) is 16.6 Å². The summed E-state index contributed by atoms with van der Waals surface area (Å²) in [5, 5.41) is 4.26. The van der Waals surface area contributed by atoms with Crippen molar-refractivity contribution >= 4 is 32.8 Å². The largest absolute Gasteiger partial charge is 0.272 e. The van der Waals surface area contributed by atoms with Crippen LogP contribution in [0.25, 0.3) is 11.0 Å². The van der Waals surface area contributed by atoms with Gasteiger partial charge in [0.15, 0.2) is 0 Å². The normalized spacial score (nSPS) is 12.0. The van der Waals surface area contributed by atoms with Crippen molar-refractivity contribution in [2.75, 3.05) is 6.54 Å². The first kappa shape index (κ1) is 15.1. The van der Waals surface area contributed by atoms with E-state index in [2.05, 4.69) is 18.6 Å². The van der Waals surface area contributed by atoms with E-state index in [0.29, 0.717) is 30.5 Å². The predicted molar refractivity (Wildman–Crippen MR) is 84.2 cm³/mol. The van der Waals surface area contributed by atoms with E-state index in [-0.39, 0.29) is 4.90 Å². The lowest BCUT2D eigenvalue weighted by atomic mass is 10.3. The van der Waals surface area contributed by atoms with E-state index in [0.717, 1.165) is 17.4 Å². The molecule has 0 unspecified atom stereocenters. The molecular formula is C13H15N5O2S2. The molecule has 3 rings (SSSR count). The molecule has 0 saturated carbocycles. The van der Waals surface area contributed by atoms with Gasteiger partial charge in [0.1, 0.15) is 15.9 Å². The lowest BCUT2D eigenvalue weighted by molar-refractivity contribution is 0.551. The van der Waals surface area contributed by atoms with Crippen LogP contribution in [0, 0.1) is 6.92 Å². The van der Waals surface area contributed by atoms with Gasteiger partial charge in [-0.25, -0.2) is 13.1 Å². The molecule has 1 N–H and O–H groups in total. The van der Waals surface area contributed by atoms with Gasteiger partial charge in [-0.05, 0) is 31.5 Å². The van der Waals surface area contributed by atoms with Gasteiger partial charge in [0.05, 0.1) is 17.4 Å². The molecule has 1 aromatic carbocycles. The van der Waals surface area contributed by atoms with Crippen molar-refractivity contribution in [2.45, 2.75) is 24.8 Å². The molecule has 0 amide bonds. The van der Waals surface area contributed by atoms with Crippen LogP contribution in [-0.4, -0.2) is 33.5 Å². The SMILES string of the molecule is Cc1ccn(CCCNS(=O)(=O)c2cccc3nsnc23)n1. The van der Waals surface area contributed by atoms with Crippen molar-refractivity contribution < 1.29 is 8.42 Å². The summed E-state index contributed by atoms with van der Waals surface area (Å²) in [7, 11) is -3.58. The molecule has 0 fully saturated rings. The highest BCUT2D eigenvalue weighted by Gasteiger charge is 2.18. The summed E-state index contributed by atoms with van der Waals surface area (Å²) in [6.45, 7) is 2.93. The maximum absolute atomic E-state index is 12.4. The first-order valence-corrected chi connectivity index (χ1v) is 8.99. The van der Waals surface area contributed by atoms with E-state index in [1.165, 1.54) is 0 Å². The lowest BCUT2D eigenvalue weighted by Gasteiger charge is -2.07. The van der Waals surface area contributed by atoms with Crippen LogP contribution < -0.4 is 4.72 Å². The quantitative estimate of drug-likeness (QED) is 0.690. The minimum atomic E-state index is -3.58. The molecule has 0 spiro atoms. The summed E-state index contributed by atoms with van der Waals surface area (Å²) in [5.41, 5.74) is 1.96. The molecule has 22 heavy (non-hydrogen) atoms. The lowest BCUT2D eigenvalue weighted by Crippen LogP contribution is -2.25. The molecule has 0 radical (unpaired) electrons. The van der Waals surface area contributed by atoms with Gasteiger partial charge in [-0.2, -0.15) is 13.8 Å². The Morgan fingerprint density at radius 1 is 1.27 bits per heavy atom. The van der Waals surface area contributed by atoms with Gasteiger partial charge in [0.25, 0.3) is 0 Å².